The minimum absolute atomic E-state index is 0.233. The summed E-state index contributed by atoms with van der Waals surface area (Å²) in [6.45, 7) is 0.526. The van der Waals surface area contributed by atoms with Crippen LogP contribution in [-0.2, 0) is 11.3 Å². The van der Waals surface area contributed by atoms with Crippen molar-refractivity contribution in [2.75, 3.05) is 11.9 Å². The lowest BCUT2D eigenvalue weighted by atomic mass is 10.2. The molecule has 134 valence electrons. The predicted molar refractivity (Wildman–Crippen MR) is 93.3 cm³/mol. The van der Waals surface area contributed by atoms with Crippen molar-refractivity contribution in [3.05, 3.63) is 77.9 Å². The van der Waals surface area contributed by atoms with Crippen LogP contribution in [0.25, 0.3) is 0 Å². The summed E-state index contributed by atoms with van der Waals surface area (Å²) in [7, 11) is 0. The van der Waals surface area contributed by atoms with E-state index in [1.165, 1.54) is 41.3 Å². The predicted octanol–water partition coefficient (Wildman–Crippen LogP) is 3.05. The Morgan fingerprint density at radius 2 is 1.62 bits per heavy atom. The van der Waals surface area contributed by atoms with E-state index in [-0.39, 0.29) is 18.3 Å². The van der Waals surface area contributed by atoms with Gasteiger partial charge < -0.3 is 15.5 Å². The number of hydrogen-bond acceptors (Lipinski definition) is 2. The molecular weight excluding hydrogens is 340 g/mol. The van der Waals surface area contributed by atoms with Gasteiger partial charge >= 0.3 is 6.03 Å². The van der Waals surface area contributed by atoms with E-state index in [1.54, 1.807) is 24.3 Å². The highest BCUT2D eigenvalue weighted by molar-refractivity contribution is 5.95. The number of urea groups is 1. The van der Waals surface area contributed by atoms with E-state index in [2.05, 4.69) is 10.6 Å². The summed E-state index contributed by atoms with van der Waals surface area (Å²) >= 11 is 0. The molecule has 0 spiro atoms. The number of carbonyl (C=O) groups is 2. The van der Waals surface area contributed by atoms with E-state index < -0.39 is 17.9 Å². The first-order chi connectivity index (χ1) is 12.5. The molecule has 0 aliphatic carbocycles. The summed E-state index contributed by atoms with van der Waals surface area (Å²) in [5, 5.41) is 5.37. The number of hydrogen-bond donors (Lipinski definition) is 2. The summed E-state index contributed by atoms with van der Waals surface area (Å²) in [4.78, 5) is 26.1. The molecule has 5 nitrogen and oxygen atoms in total. The van der Waals surface area contributed by atoms with E-state index in [4.69, 9.17) is 0 Å². The third kappa shape index (κ3) is 4.24. The van der Waals surface area contributed by atoms with Gasteiger partial charge in [-0.3, -0.25) is 4.79 Å². The molecule has 7 heteroatoms. The number of nitrogens with one attached hydrogen (secondary N) is 2. The zero-order valence-corrected chi connectivity index (χ0v) is 13.8. The Labute approximate surface area is 149 Å². The van der Waals surface area contributed by atoms with E-state index >= 15 is 0 Å². The summed E-state index contributed by atoms with van der Waals surface area (Å²) in [5.74, 6) is -1.08. The fourth-order valence-corrected chi connectivity index (χ4v) is 2.58. The largest absolute Gasteiger partial charge is 0.350 e. The van der Waals surface area contributed by atoms with Crippen LogP contribution in [0.3, 0.4) is 0 Å². The summed E-state index contributed by atoms with van der Waals surface area (Å²) in [6.07, 6.45) is 3.37. The number of benzene rings is 2. The summed E-state index contributed by atoms with van der Waals surface area (Å²) in [5.41, 5.74) is 1.19. The first-order valence-electron chi connectivity index (χ1n) is 8.05. The molecule has 2 N–H and O–H groups in total. The smallest absolute Gasteiger partial charge is 0.323 e. The Kier molecular flexibility index (Phi) is 5.26. The quantitative estimate of drug-likeness (QED) is 0.826. The Balaban J connectivity index is 1.58. The third-order valence-corrected chi connectivity index (χ3v) is 3.96. The van der Waals surface area contributed by atoms with Crippen LogP contribution in [0.5, 0.6) is 0 Å². The second-order valence-corrected chi connectivity index (χ2v) is 5.81. The fraction of sp³-hybridized carbons (Fsp3) is 0.158. The molecule has 0 saturated heterocycles. The SMILES string of the molecule is O=C(NCc1ccc(F)cc1)[C@H]1C=CCN1C(=O)Nc1ccc(F)cc1. The monoisotopic (exact) mass is 357 g/mol. The molecule has 0 fully saturated rings. The topological polar surface area (TPSA) is 61.4 Å². The lowest BCUT2D eigenvalue weighted by Gasteiger charge is -2.24. The fourth-order valence-electron chi connectivity index (χ4n) is 2.58. The van der Waals surface area contributed by atoms with Crippen LogP contribution in [0, 0.1) is 11.6 Å². The van der Waals surface area contributed by atoms with Gasteiger partial charge in [0.25, 0.3) is 0 Å². The minimum Gasteiger partial charge on any atom is -0.350 e. The van der Waals surface area contributed by atoms with Gasteiger partial charge in [-0.25, -0.2) is 13.6 Å². The van der Waals surface area contributed by atoms with E-state index in [1.807, 2.05) is 0 Å². The number of nitrogens with zero attached hydrogens (tertiary/aromatic N) is 1. The number of amides is 3. The van der Waals surface area contributed by atoms with Crippen molar-refractivity contribution in [1.29, 1.82) is 0 Å². The molecule has 0 aromatic heterocycles. The minimum atomic E-state index is -0.740. The van der Waals surface area contributed by atoms with Gasteiger partial charge in [-0.1, -0.05) is 24.3 Å². The van der Waals surface area contributed by atoms with Crippen molar-refractivity contribution in [3.63, 3.8) is 0 Å². The number of rotatable bonds is 4. The molecule has 0 saturated carbocycles. The molecule has 3 rings (SSSR count). The number of anilines is 1. The molecule has 26 heavy (non-hydrogen) atoms. The Morgan fingerprint density at radius 3 is 2.27 bits per heavy atom. The molecule has 0 radical (unpaired) electrons. The van der Waals surface area contributed by atoms with Gasteiger partial charge in [-0.15, -0.1) is 0 Å². The van der Waals surface area contributed by atoms with Crippen molar-refractivity contribution in [3.8, 4) is 0 Å². The van der Waals surface area contributed by atoms with Crippen LogP contribution in [0.1, 0.15) is 5.56 Å². The van der Waals surface area contributed by atoms with Crippen LogP contribution in [-0.4, -0.2) is 29.4 Å². The average molecular weight is 357 g/mol. The van der Waals surface area contributed by atoms with Gasteiger partial charge in [0.2, 0.25) is 5.91 Å². The molecule has 1 aliphatic heterocycles. The lowest BCUT2D eigenvalue weighted by Crippen LogP contribution is -2.47. The van der Waals surface area contributed by atoms with E-state index in [0.717, 1.165) is 5.56 Å². The van der Waals surface area contributed by atoms with Gasteiger partial charge in [0.05, 0.1) is 0 Å². The lowest BCUT2D eigenvalue weighted by molar-refractivity contribution is -0.123. The second kappa shape index (κ2) is 7.77. The van der Waals surface area contributed by atoms with Gasteiger partial charge in [-0.05, 0) is 42.0 Å². The molecule has 1 atom stereocenters. The van der Waals surface area contributed by atoms with Crippen molar-refractivity contribution in [1.82, 2.24) is 10.2 Å². The van der Waals surface area contributed by atoms with Crippen molar-refractivity contribution in [2.45, 2.75) is 12.6 Å². The van der Waals surface area contributed by atoms with Gasteiger partial charge in [0, 0.05) is 18.8 Å². The van der Waals surface area contributed by atoms with Crippen LogP contribution in [0.2, 0.25) is 0 Å². The zero-order chi connectivity index (χ0) is 18.5. The van der Waals surface area contributed by atoms with Crippen LogP contribution < -0.4 is 10.6 Å². The van der Waals surface area contributed by atoms with E-state index in [9.17, 15) is 18.4 Å². The van der Waals surface area contributed by atoms with Gasteiger partial charge in [0.1, 0.15) is 17.7 Å². The highest BCUT2D eigenvalue weighted by atomic mass is 19.1. The highest BCUT2D eigenvalue weighted by Gasteiger charge is 2.30. The van der Waals surface area contributed by atoms with Crippen molar-refractivity contribution >= 4 is 17.6 Å². The second-order valence-electron chi connectivity index (χ2n) is 5.81. The zero-order valence-electron chi connectivity index (χ0n) is 13.8. The molecule has 2 aromatic rings. The molecule has 1 heterocycles. The Bertz CT molecular complexity index is 820. The van der Waals surface area contributed by atoms with Crippen molar-refractivity contribution < 1.29 is 18.4 Å². The van der Waals surface area contributed by atoms with Crippen LogP contribution >= 0.6 is 0 Å². The number of halogens is 2. The molecule has 0 unspecified atom stereocenters. The standard InChI is InChI=1S/C19H17F2N3O2/c20-14-5-3-13(4-6-14)12-22-18(25)17-2-1-11-24(17)19(26)23-16-9-7-15(21)8-10-16/h1-10,17H,11-12H2,(H,22,25)(H,23,26)/t17-/m1/s1. The maximum Gasteiger partial charge on any atom is 0.323 e. The van der Waals surface area contributed by atoms with Crippen molar-refractivity contribution in [2.24, 2.45) is 0 Å². The third-order valence-electron chi connectivity index (χ3n) is 3.96. The summed E-state index contributed by atoms with van der Waals surface area (Å²) in [6, 6.07) is 9.98. The van der Waals surface area contributed by atoms with Crippen LogP contribution in [0.4, 0.5) is 19.3 Å². The number of carbonyl (C=O) groups excluding carboxylic acids is 2. The highest BCUT2D eigenvalue weighted by Crippen LogP contribution is 2.15. The first kappa shape index (κ1) is 17.6. The molecule has 1 aliphatic rings. The Hall–Kier alpha value is -3.22. The molecule has 3 amide bonds. The summed E-state index contributed by atoms with van der Waals surface area (Å²) < 4.78 is 25.8. The molecular formula is C19H17F2N3O2. The maximum atomic E-state index is 12.9. The Morgan fingerprint density at radius 1 is 1.00 bits per heavy atom. The van der Waals surface area contributed by atoms with Crippen LogP contribution in [0.15, 0.2) is 60.7 Å². The molecule has 0 bridgehead atoms. The maximum absolute atomic E-state index is 12.9. The normalized spacial score (nSPS) is 15.8. The average Bonchev–Trinajstić information content (AvgIpc) is 3.13. The van der Waals surface area contributed by atoms with E-state index in [0.29, 0.717) is 12.2 Å². The van der Waals surface area contributed by atoms with Gasteiger partial charge in [-0.2, -0.15) is 0 Å². The molecule has 2 aromatic carbocycles. The first-order valence-corrected chi connectivity index (χ1v) is 8.05. The van der Waals surface area contributed by atoms with Gasteiger partial charge in [0.15, 0.2) is 0 Å².